The molecule has 12 N–H and O–H groups in total. The van der Waals surface area contributed by atoms with E-state index >= 15 is 8.78 Å². The molecule has 6 rings (SSSR count). The van der Waals surface area contributed by atoms with Gasteiger partial charge in [-0.3, -0.25) is 9.11 Å². The summed E-state index contributed by atoms with van der Waals surface area (Å²) in [6.45, 7) is 0. The Morgan fingerprint density at radius 3 is 1.32 bits per heavy atom. The third kappa shape index (κ3) is 4.50. The number of nitrogens with two attached hydrogens (primary N) is 4. The van der Waals surface area contributed by atoms with Crippen LogP contribution in [0.1, 0.15) is 33.4 Å². The van der Waals surface area contributed by atoms with Crippen molar-refractivity contribution in [2.45, 2.75) is 21.6 Å². The second-order valence-electron chi connectivity index (χ2n) is 11.7. The van der Waals surface area contributed by atoms with Gasteiger partial charge in [0.05, 0.1) is 23.5 Å². The summed E-state index contributed by atoms with van der Waals surface area (Å²) in [5.74, 6) is -2.45. The van der Waals surface area contributed by atoms with Crippen LogP contribution in [0.2, 0.25) is 2.82 Å². The lowest BCUT2D eigenvalue weighted by Crippen LogP contribution is -2.55. The molecule has 2 aliphatic rings. The predicted octanol–water partition coefficient (Wildman–Crippen LogP) is 3.89. The van der Waals surface area contributed by atoms with Crippen molar-refractivity contribution in [3.05, 3.63) is 141 Å². The van der Waals surface area contributed by atoms with E-state index in [9.17, 15) is 25.9 Å². The van der Waals surface area contributed by atoms with Crippen molar-refractivity contribution in [2.24, 2.45) is 33.2 Å². The Hall–Kier alpha value is -5.24. The van der Waals surface area contributed by atoms with E-state index in [1.165, 1.54) is 60.7 Å². The molecule has 0 bridgehead atoms. The molecule has 0 aromatic heterocycles. The molecule has 4 atom stereocenters. The number of hydrogen-bond acceptors (Lipinski definition) is 12. The van der Waals surface area contributed by atoms with Crippen molar-refractivity contribution < 1.29 is 37.5 Å². The van der Waals surface area contributed by atoms with Gasteiger partial charge in [0.15, 0.2) is 9.49 Å². The van der Waals surface area contributed by atoms with Crippen LogP contribution in [-0.4, -0.2) is 38.0 Å². The highest BCUT2D eigenvalue weighted by Gasteiger charge is 2.59. The summed E-state index contributed by atoms with van der Waals surface area (Å²) in [7, 11) is -10.7. The fraction of sp³-hybridized carbons (Fsp3) is 0.125. The van der Waals surface area contributed by atoms with E-state index in [4.69, 9.17) is 25.8 Å². The van der Waals surface area contributed by atoms with E-state index in [0.29, 0.717) is 0 Å². The van der Waals surface area contributed by atoms with Crippen molar-refractivity contribution in [2.75, 3.05) is 0 Å². The van der Waals surface area contributed by atoms with Crippen LogP contribution < -0.4 is 22.9 Å². The summed E-state index contributed by atoms with van der Waals surface area (Å²) in [6, 6.07) is 13.6. The molecule has 2 aliphatic carbocycles. The smallest absolute Gasteiger partial charge is 0.281 e. The number of nitrogens with zero attached hydrogens (tertiary/aromatic N) is 2. The lowest BCUT2D eigenvalue weighted by molar-refractivity contribution is 0.415. The van der Waals surface area contributed by atoms with Gasteiger partial charge in [-0.1, -0.05) is 72.8 Å². The first-order valence-electron chi connectivity index (χ1n) is 15.3. The van der Waals surface area contributed by atoms with Crippen LogP contribution >= 0.6 is 0 Å². The maximum Gasteiger partial charge on any atom is 0.281 e. The second-order valence-corrected chi connectivity index (χ2v) is 14.8. The van der Waals surface area contributed by atoms with Crippen molar-refractivity contribution in [3.8, 4) is 11.1 Å². The zero-order valence-corrected chi connectivity index (χ0v) is 27.1. The van der Waals surface area contributed by atoms with Gasteiger partial charge in [0.25, 0.3) is 20.2 Å². The molecule has 4 aromatic rings. The van der Waals surface area contributed by atoms with E-state index in [1.54, 1.807) is 0 Å². The highest BCUT2D eigenvalue weighted by molar-refractivity contribution is 7.87. The monoisotopic (exact) mass is 722 g/mol. The van der Waals surface area contributed by atoms with Crippen molar-refractivity contribution >= 4 is 31.6 Å². The summed E-state index contributed by atoms with van der Waals surface area (Å²) < 4.78 is 117. The standard InChI is InChI=1S/C32H28F2N8O6S2/c33-23-13-15(9-11-21(23)31(49(43,44)45)19-7-3-1-5-17(19)25(35)27(41-39)29(31)37)16-10-12-22(24(34)14-16)32(50(46,47)48)20-8-4-2-6-18(20)26(36)28(42-40)30(32)38/h1-14,29-30,39-40H,35-38H2,(H,43,44,45)(H,46,47,48)/b41-39+,42-40+. The molecule has 18 heteroatoms. The molecule has 0 heterocycles. The average Bonchev–Trinajstić information content (AvgIpc) is 3.09. The first kappa shape index (κ1) is 32.0. The number of nitrogens with one attached hydrogen (secondary N) is 2. The third-order valence-electron chi connectivity index (χ3n) is 9.35. The summed E-state index contributed by atoms with van der Waals surface area (Å²) in [4.78, 5) is 0. The topological polar surface area (TPSA) is 285 Å². The summed E-state index contributed by atoms with van der Waals surface area (Å²) in [5, 5.41) is 7.15. The van der Waals surface area contributed by atoms with Gasteiger partial charge in [0.1, 0.15) is 23.0 Å². The van der Waals surface area contributed by atoms with Gasteiger partial charge in [0, 0.05) is 22.3 Å². The van der Waals surface area contributed by atoms with Gasteiger partial charge < -0.3 is 22.9 Å². The minimum atomic E-state index is -5.37. The number of rotatable bonds is 7. The van der Waals surface area contributed by atoms with E-state index in [-0.39, 0.29) is 44.8 Å². The summed E-state index contributed by atoms with van der Waals surface area (Å²) in [5.41, 5.74) is 28.2. The first-order chi connectivity index (χ1) is 24.5. The van der Waals surface area contributed by atoms with Gasteiger partial charge in [-0.2, -0.15) is 27.1 Å². The average molecular weight is 723 g/mol. The van der Waals surface area contributed by atoms with Crippen LogP contribution in [0.5, 0.6) is 0 Å². The van der Waals surface area contributed by atoms with Crippen LogP contribution in [0.15, 0.2) is 107 Å². The molecule has 0 radical (unpaired) electrons. The van der Waals surface area contributed by atoms with Gasteiger partial charge in [-0.25, -0.2) is 19.8 Å². The second kappa shape index (κ2) is 11.7. The van der Waals surface area contributed by atoms with E-state index < -0.39 is 76.0 Å². The van der Waals surface area contributed by atoms with Crippen LogP contribution in [0.4, 0.5) is 8.78 Å². The zero-order chi connectivity index (χ0) is 38.0. The fourth-order valence-corrected chi connectivity index (χ4v) is 9.80. The Kier molecular flexibility index (Phi) is 7.47. The lowest BCUT2D eigenvalue weighted by atomic mass is 9.75. The predicted molar refractivity (Wildman–Crippen MR) is 178 cm³/mol. The molecule has 0 fully saturated rings. The highest BCUT2D eigenvalue weighted by atomic mass is 32.2. The molecule has 0 saturated heterocycles. The summed E-state index contributed by atoms with van der Waals surface area (Å²) >= 11 is 0. The van der Waals surface area contributed by atoms with Crippen molar-refractivity contribution in [3.63, 3.8) is 0 Å². The Balaban J connectivity index is 1.54. The molecule has 0 amide bonds. The minimum Gasteiger partial charge on any atom is -0.397 e. The zero-order valence-electron chi connectivity index (χ0n) is 27.4. The fourth-order valence-electron chi connectivity index (χ4n) is 7.14. The van der Waals surface area contributed by atoms with E-state index in [0.717, 1.165) is 24.3 Å². The summed E-state index contributed by atoms with van der Waals surface area (Å²) in [6.07, 6.45) is 0. The first-order valence-corrected chi connectivity index (χ1v) is 17.3. The Morgan fingerprint density at radius 2 is 1.00 bits per heavy atom. The molecule has 0 saturated carbocycles. The van der Waals surface area contributed by atoms with Gasteiger partial charge in [-0.15, -0.1) is 0 Å². The molecule has 50 heavy (non-hydrogen) atoms. The van der Waals surface area contributed by atoms with Crippen LogP contribution in [0.3, 0.4) is 0 Å². The molecule has 258 valence electrons. The Bertz CT molecular complexity index is 2350. The Morgan fingerprint density at radius 1 is 0.640 bits per heavy atom. The van der Waals surface area contributed by atoms with E-state index in [2.05, 4.69) is 21.3 Å². The minimum absolute atomic E-state index is 0.0320. The molecule has 4 aromatic carbocycles. The molecule has 4 unspecified atom stereocenters. The van der Waals surface area contributed by atoms with Crippen LogP contribution in [-0.2, 0) is 29.7 Å². The van der Waals surface area contributed by atoms with Gasteiger partial charge in [0.2, 0.25) is 2.82 Å². The van der Waals surface area contributed by atoms with Gasteiger partial charge in [-0.05, 0) is 34.4 Å². The third-order valence-corrected chi connectivity index (χ3v) is 12.4. The molecular weight excluding hydrogens is 695 g/mol. The van der Waals surface area contributed by atoms with Crippen molar-refractivity contribution in [1.29, 1.82) is 11.0 Å². The Labute approximate surface area is 286 Å². The van der Waals surface area contributed by atoms with Crippen LogP contribution in [0.25, 0.3) is 22.5 Å². The number of fused-ring (bicyclic) bond motifs is 2. The van der Waals surface area contributed by atoms with Crippen LogP contribution in [0, 0.1) is 22.7 Å². The van der Waals surface area contributed by atoms with Crippen molar-refractivity contribution in [1.82, 2.24) is 0 Å². The lowest BCUT2D eigenvalue weighted by Gasteiger charge is -2.41. The SMILES string of the molecule is [H]/N=N/C1=C(N)c2ccccc2C(c2ccc(-c3ccc(C4(S(=O)(=O)O)c5ccccc5C(N)=C(/N=N/[H])C4N)c(F)c3)cc2F)(S(=O)(=O)O)C1N. The number of hydrogen-bond donors (Lipinski definition) is 8. The normalized spacial score (nSPS) is 24.7. The maximum absolute atomic E-state index is 16.4. The quantitative estimate of drug-likeness (QED) is 0.101. The van der Waals surface area contributed by atoms with Gasteiger partial charge >= 0.3 is 0 Å². The molecule has 0 aliphatic heterocycles. The number of benzene rings is 4. The van der Waals surface area contributed by atoms with E-state index in [1.807, 2.05) is 0 Å². The molecule has 14 nitrogen and oxygen atoms in total. The molecular formula is C32H28F2N8O6S2. The maximum atomic E-state index is 16.4. The molecule has 0 spiro atoms. The highest BCUT2D eigenvalue weighted by Crippen LogP contribution is 2.51. The largest absolute Gasteiger partial charge is 0.397 e. The number of halogens is 2.